The first-order chi connectivity index (χ1) is 17.9. The van der Waals surface area contributed by atoms with Crippen LogP contribution in [0.2, 0.25) is 0 Å². The first kappa shape index (κ1) is 27.1. The van der Waals surface area contributed by atoms with Crippen molar-refractivity contribution in [2.24, 2.45) is 0 Å². The summed E-state index contributed by atoms with van der Waals surface area (Å²) < 4.78 is 22.7. The monoisotopic (exact) mass is 518 g/mol. The van der Waals surface area contributed by atoms with Crippen molar-refractivity contribution >= 4 is 18.1 Å². The van der Waals surface area contributed by atoms with Crippen LogP contribution < -0.4 is 14.8 Å². The third kappa shape index (κ3) is 5.49. The van der Waals surface area contributed by atoms with Gasteiger partial charge >= 0.3 is 0 Å². The lowest BCUT2D eigenvalue weighted by Crippen LogP contribution is -2.57. The van der Waals surface area contributed by atoms with Crippen LogP contribution in [0.25, 0.3) is 0 Å². The molecule has 2 heterocycles. The lowest BCUT2D eigenvalue weighted by atomic mass is 9.77. The molecule has 202 valence electrons. The Morgan fingerprint density at radius 3 is 2.78 bits per heavy atom. The Hall–Kier alpha value is -2.99. The van der Waals surface area contributed by atoms with Crippen LogP contribution in [0.1, 0.15) is 41.6 Å². The quantitative estimate of drug-likeness (QED) is 0.349. The zero-order valence-electron chi connectivity index (χ0n) is 21.1. The number of methoxy groups -OCH3 is 1. The van der Waals surface area contributed by atoms with Crippen LogP contribution >= 0.6 is 0 Å². The second-order valence-corrected chi connectivity index (χ2v) is 9.22. The number of aliphatic hydroxyl groups is 2. The number of nitrogens with one attached hydrogen (secondary N) is 1. The number of carbonyl (C=O) groups excluding carboxylic acids is 3. The number of nitrogens with zero attached hydrogens (tertiary/aromatic N) is 1. The lowest BCUT2D eigenvalue weighted by molar-refractivity contribution is -0.143. The van der Waals surface area contributed by atoms with Gasteiger partial charge in [0.2, 0.25) is 11.8 Å². The Balaban J connectivity index is 1.77. The van der Waals surface area contributed by atoms with Crippen molar-refractivity contribution < 1.29 is 43.5 Å². The maximum absolute atomic E-state index is 13.3. The molecule has 1 fully saturated rings. The van der Waals surface area contributed by atoms with Crippen LogP contribution in [0.4, 0.5) is 0 Å². The molecule has 0 unspecified atom stereocenters. The van der Waals surface area contributed by atoms with Gasteiger partial charge in [-0.1, -0.05) is 0 Å². The van der Waals surface area contributed by atoms with Gasteiger partial charge in [0.25, 0.3) is 0 Å². The van der Waals surface area contributed by atoms with Gasteiger partial charge in [0, 0.05) is 43.0 Å². The molecule has 0 aromatic heterocycles. The SMILES string of the molecule is CCOCC(=O)N(C[C@@H]1CCCO1)[C@@H]1C=C(C(=O)NCCO)[C@@H]2c3cc(C=O)cc(OC)c3O[C@@H]2[C@H]1O. The minimum Gasteiger partial charge on any atom is -0.493 e. The summed E-state index contributed by atoms with van der Waals surface area (Å²) in [6, 6.07) is 2.23. The number of aliphatic hydroxyl groups excluding tert-OH is 2. The Morgan fingerprint density at radius 1 is 1.32 bits per heavy atom. The summed E-state index contributed by atoms with van der Waals surface area (Å²) in [5.74, 6) is -0.906. The molecule has 1 saturated heterocycles. The highest BCUT2D eigenvalue weighted by molar-refractivity contribution is 5.96. The summed E-state index contributed by atoms with van der Waals surface area (Å²) in [6.07, 6.45) is 1.56. The van der Waals surface area contributed by atoms with Gasteiger partial charge in [-0.05, 0) is 38.0 Å². The van der Waals surface area contributed by atoms with Crippen LogP contribution in [-0.4, -0.2) is 104 Å². The van der Waals surface area contributed by atoms with Crippen molar-refractivity contribution in [2.45, 2.75) is 50.0 Å². The van der Waals surface area contributed by atoms with Crippen LogP contribution in [0.15, 0.2) is 23.8 Å². The Bertz CT molecular complexity index is 1040. The average molecular weight is 519 g/mol. The summed E-state index contributed by atoms with van der Waals surface area (Å²) >= 11 is 0. The summed E-state index contributed by atoms with van der Waals surface area (Å²) in [5, 5.41) is 23.5. The van der Waals surface area contributed by atoms with Gasteiger partial charge in [-0.2, -0.15) is 0 Å². The smallest absolute Gasteiger partial charge is 0.249 e. The van der Waals surface area contributed by atoms with Gasteiger partial charge in [-0.3, -0.25) is 14.4 Å². The van der Waals surface area contributed by atoms with Gasteiger partial charge in [-0.25, -0.2) is 0 Å². The first-order valence-corrected chi connectivity index (χ1v) is 12.5. The van der Waals surface area contributed by atoms with Gasteiger partial charge in [-0.15, -0.1) is 0 Å². The van der Waals surface area contributed by atoms with Crippen molar-refractivity contribution in [3.63, 3.8) is 0 Å². The van der Waals surface area contributed by atoms with E-state index in [1.807, 2.05) is 0 Å². The van der Waals surface area contributed by atoms with E-state index in [2.05, 4.69) is 5.32 Å². The number of hydrogen-bond donors (Lipinski definition) is 3. The van der Waals surface area contributed by atoms with Crippen molar-refractivity contribution in [3.05, 3.63) is 34.9 Å². The van der Waals surface area contributed by atoms with E-state index in [0.717, 1.165) is 12.8 Å². The van der Waals surface area contributed by atoms with Crippen molar-refractivity contribution in [2.75, 3.05) is 46.6 Å². The first-order valence-electron chi connectivity index (χ1n) is 12.5. The molecule has 0 radical (unpaired) electrons. The van der Waals surface area contributed by atoms with Crippen LogP contribution in [0.5, 0.6) is 11.5 Å². The predicted molar refractivity (Wildman–Crippen MR) is 131 cm³/mol. The molecule has 0 spiro atoms. The molecule has 11 nitrogen and oxygen atoms in total. The number of hydrogen-bond acceptors (Lipinski definition) is 9. The molecule has 11 heteroatoms. The van der Waals surface area contributed by atoms with E-state index >= 15 is 0 Å². The largest absolute Gasteiger partial charge is 0.493 e. The van der Waals surface area contributed by atoms with Crippen molar-refractivity contribution in [1.82, 2.24) is 10.2 Å². The minimum absolute atomic E-state index is 0.0229. The molecule has 0 saturated carbocycles. The third-order valence-corrected chi connectivity index (χ3v) is 6.95. The zero-order valence-corrected chi connectivity index (χ0v) is 21.1. The number of carbonyl (C=O) groups is 3. The van der Waals surface area contributed by atoms with E-state index in [4.69, 9.17) is 18.9 Å². The van der Waals surface area contributed by atoms with Crippen molar-refractivity contribution in [3.8, 4) is 11.5 Å². The van der Waals surface area contributed by atoms with Gasteiger partial charge in [0.15, 0.2) is 11.5 Å². The average Bonchev–Trinajstić information content (AvgIpc) is 3.57. The molecule has 3 aliphatic rings. The van der Waals surface area contributed by atoms with E-state index in [-0.39, 0.29) is 43.9 Å². The maximum atomic E-state index is 13.3. The predicted octanol–water partition coefficient (Wildman–Crippen LogP) is 0.174. The third-order valence-electron chi connectivity index (χ3n) is 6.95. The molecule has 2 amide bonds. The second kappa shape index (κ2) is 12.0. The number of benzene rings is 1. The van der Waals surface area contributed by atoms with Crippen LogP contribution in [0, 0.1) is 0 Å². The molecule has 3 N–H and O–H groups in total. The number of ether oxygens (including phenoxy) is 4. The van der Waals surface area contributed by atoms with E-state index < -0.39 is 30.1 Å². The molecule has 1 aliphatic carbocycles. The fourth-order valence-corrected chi connectivity index (χ4v) is 5.23. The molecule has 5 atom stereocenters. The Morgan fingerprint density at radius 2 is 2.14 bits per heavy atom. The zero-order chi connectivity index (χ0) is 26.5. The Kier molecular flexibility index (Phi) is 8.80. The van der Waals surface area contributed by atoms with Gasteiger partial charge < -0.3 is 39.4 Å². The Labute approximate surface area is 215 Å². The summed E-state index contributed by atoms with van der Waals surface area (Å²) in [5.41, 5.74) is 1.12. The summed E-state index contributed by atoms with van der Waals surface area (Å²) in [7, 11) is 1.44. The topological polar surface area (TPSA) is 144 Å². The maximum Gasteiger partial charge on any atom is 0.249 e. The molecule has 0 bridgehead atoms. The van der Waals surface area contributed by atoms with Crippen LogP contribution in [0.3, 0.4) is 0 Å². The van der Waals surface area contributed by atoms with E-state index in [0.29, 0.717) is 42.1 Å². The second-order valence-electron chi connectivity index (χ2n) is 9.22. The van der Waals surface area contributed by atoms with Gasteiger partial charge in [0.05, 0.1) is 31.8 Å². The number of aldehydes is 1. The standard InChI is InChI=1S/C26H34N2O9/c1-3-35-14-21(31)28(12-16-5-4-8-36-16)19-11-18(26(33)27-6-7-29)22-17-9-15(13-30)10-20(34-2)24(17)37-25(22)23(19)32/h9-11,13,16,19,22-23,25,29,32H,3-8,12,14H2,1-2H3,(H,27,33)/t16-,19+,22-,23-,25-/m0/s1. The fourth-order valence-electron chi connectivity index (χ4n) is 5.23. The van der Waals surface area contributed by atoms with E-state index in [9.17, 15) is 24.6 Å². The lowest BCUT2D eigenvalue weighted by Gasteiger charge is -2.41. The normalized spacial score (nSPS) is 25.9. The molecule has 4 rings (SSSR count). The highest BCUT2D eigenvalue weighted by Gasteiger charge is 2.51. The van der Waals surface area contributed by atoms with Crippen LogP contribution in [-0.2, 0) is 19.1 Å². The molecule has 1 aromatic rings. The number of fused-ring (bicyclic) bond motifs is 3. The minimum atomic E-state index is -1.21. The molecule has 2 aliphatic heterocycles. The van der Waals surface area contributed by atoms with E-state index in [1.54, 1.807) is 19.1 Å². The molecule has 37 heavy (non-hydrogen) atoms. The molecular weight excluding hydrogens is 484 g/mol. The van der Waals surface area contributed by atoms with Crippen molar-refractivity contribution in [1.29, 1.82) is 0 Å². The fraction of sp³-hybridized carbons (Fsp3) is 0.577. The van der Waals surface area contributed by atoms with E-state index in [1.165, 1.54) is 18.1 Å². The highest BCUT2D eigenvalue weighted by Crippen LogP contribution is 2.51. The van der Waals surface area contributed by atoms with Gasteiger partial charge in [0.1, 0.15) is 25.1 Å². The summed E-state index contributed by atoms with van der Waals surface area (Å²) in [6.45, 7) is 2.53. The number of amides is 2. The molecule has 1 aromatic carbocycles. The highest BCUT2D eigenvalue weighted by atomic mass is 16.5. The summed E-state index contributed by atoms with van der Waals surface area (Å²) in [4.78, 5) is 39.6. The number of rotatable bonds is 11. The molecular formula is C26H34N2O9.